The Morgan fingerprint density at radius 2 is 0.968 bits per heavy atom. The predicted molar refractivity (Wildman–Crippen MR) is 261 cm³/mol. The second-order valence-corrected chi connectivity index (χ2v) is 16.7. The maximum Gasteiger partial charge on any atom is 0.197 e. The summed E-state index contributed by atoms with van der Waals surface area (Å²) in [5.41, 5.74) is 22.8. The molecule has 3 aliphatic rings. The molecule has 2 heterocycles. The molecule has 287 valence electrons. The number of hydrogen-bond acceptors (Lipinski definition) is 2. The van der Waals surface area contributed by atoms with Crippen LogP contribution in [0.25, 0.3) is 55.3 Å². The van der Waals surface area contributed by atoms with Gasteiger partial charge in [0.1, 0.15) is 0 Å². The van der Waals surface area contributed by atoms with E-state index in [-0.39, 0.29) is 0 Å². The van der Waals surface area contributed by atoms with Crippen LogP contribution in [0.1, 0.15) is 22.3 Å². The van der Waals surface area contributed by atoms with Gasteiger partial charge in [-0.15, -0.1) is 0 Å². The molecule has 0 atom stereocenters. The van der Waals surface area contributed by atoms with Crippen molar-refractivity contribution in [2.24, 2.45) is 0 Å². The zero-order valence-electron chi connectivity index (χ0n) is 33.9. The van der Waals surface area contributed by atoms with E-state index in [2.05, 4.69) is 242 Å². The van der Waals surface area contributed by atoms with Crippen molar-refractivity contribution < 1.29 is 0 Å². The first-order valence-electron chi connectivity index (χ1n) is 21.5. The second kappa shape index (κ2) is 13.6. The van der Waals surface area contributed by atoms with Crippen LogP contribution in [0, 0.1) is 0 Å². The van der Waals surface area contributed by atoms with Gasteiger partial charge in [0, 0.05) is 33.7 Å². The van der Waals surface area contributed by atoms with Crippen molar-refractivity contribution in [3.63, 3.8) is 0 Å². The summed E-state index contributed by atoms with van der Waals surface area (Å²) in [6, 6.07) is 82.6. The monoisotopic (exact) mass is 785 g/mol. The average Bonchev–Trinajstić information content (AvgIpc) is 3.64. The summed E-state index contributed by atoms with van der Waals surface area (Å²) in [6.07, 6.45) is 0. The molecule has 0 aromatic heterocycles. The second-order valence-electron chi connectivity index (χ2n) is 16.7. The fourth-order valence-electron chi connectivity index (χ4n) is 10.9. The molecular formula is C59H38BN2. The number of rotatable bonds is 5. The van der Waals surface area contributed by atoms with E-state index in [0.29, 0.717) is 0 Å². The molecule has 2 nitrogen and oxygen atoms in total. The SMILES string of the molecule is [B]1c2cccc3c2N(c2ccccc2C32c3ccccc3-c3ccccc32)c2c1c(-c1ccc(-c3ccccc3)cc1Nc1ccc(-c3ccccc3)cc1)cc1ccccc21. The lowest BCUT2D eigenvalue weighted by Crippen LogP contribution is -2.47. The number of benzene rings is 10. The smallest absolute Gasteiger partial charge is 0.197 e. The van der Waals surface area contributed by atoms with Crippen LogP contribution in [0.2, 0.25) is 0 Å². The quantitative estimate of drug-likeness (QED) is 0.175. The van der Waals surface area contributed by atoms with Crippen molar-refractivity contribution in [2.45, 2.75) is 5.41 Å². The van der Waals surface area contributed by atoms with Crippen LogP contribution >= 0.6 is 0 Å². The molecule has 0 bridgehead atoms. The summed E-state index contributed by atoms with van der Waals surface area (Å²) in [5.74, 6) is 0. The molecule has 1 spiro atoms. The van der Waals surface area contributed by atoms with Gasteiger partial charge in [-0.25, -0.2) is 0 Å². The lowest BCUT2D eigenvalue weighted by atomic mass is 9.54. The van der Waals surface area contributed by atoms with E-state index in [1.807, 2.05) is 0 Å². The Morgan fingerprint density at radius 1 is 0.387 bits per heavy atom. The zero-order chi connectivity index (χ0) is 40.8. The van der Waals surface area contributed by atoms with Crippen LogP contribution in [0.15, 0.2) is 224 Å². The van der Waals surface area contributed by atoms with E-state index >= 15 is 0 Å². The average molecular weight is 786 g/mol. The Balaban J connectivity index is 1.05. The Kier molecular flexibility index (Phi) is 7.65. The van der Waals surface area contributed by atoms with E-state index in [1.165, 1.54) is 100.0 Å². The highest BCUT2D eigenvalue weighted by atomic mass is 15.2. The molecule has 10 aromatic rings. The van der Waals surface area contributed by atoms with E-state index in [1.54, 1.807) is 0 Å². The van der Waals surface area contributed by atoms with Crippen molar-refractivity contribution in [2.75, 3.05) is 10.2 Å². The molecule has 0 fully saturated rings. The topological polar surface area (TPSA) is 15.3 Å². The summed E-state index contributed by atoms with van der Waals surface area (Å²) >= 11 is 0. The molecule has 10 aromatic carbocycles. The van der Waals surface area contributed by atoms with Gasteiger partial charge in [0.25, 0.3) is 0 Å². The molecule has 0 saturated heterocycles. The summed E-state index contributed by atoms with van der Waals surface area (Å²) in [7, 11) is 2.46. The molecule has 1 radical (unpaired) electrons. The van der Waals surface area contributed by atoms with Crippen LogP contribution in [0.5, 0.6) is 0 Å². The molecule has 0 amide bonds. The predicted octanol–water partition coefficient (Wildman–Crippen LogP) is 13.7. The van der Waals surface area contributed by atoms with Gasteiger partial charge in [-0.2, -0.15) is 0 Å². The Morgan fingerprint density at radius 3 is 1.71 bits per heavy atom. The molecule has 62 heavy (non-hydrogen) atoms. The maximum atomic E-state index is 3.92. The third-order valence-electron chi connectivity index (χ3n) is 13.5. The Labute approximate surface area is 362 Å². The minimum Gasteiger partial charge on any atom is -0.355 e. The lowest BCUT2D eigenvalue weighted by Gasteiger charge is -2.48. The van der Waals surface area contributed by atoms with Gasteiger partial charge in [-0.3, -0.25) is 0 Å². The third kappa shape index (κ3) is 5.00. The normalized spacial score (nSPS) is 13.4. The van der Waals surface area contributed by atoms with Gasteiger partial charge >= 0.3 is 0 Å². The first kappa shape index (κ1) is 34.9. The Bertz CT molecular complexity index is 3360. The van der Waals surface area contributed by atoms with E-state index in [0.717, 1.165) is 16.9 Å². The summed E-state index contributed by atoms with van der Waals surface area (Å²) < 4.78 is 0. The number of nitrogens with one attached hydrogen (secondary N) is 1. The van der Waals surface area contributed by atoms with Crippen LogP contribution in [-0.4, -0.2) is 7.28 Å². The van der Waals surface area contributed by atoms with Crippen molar-refractivity contribution in [3.05, 3.63) is 247 Å². The minimum atomic E-state index is -0.467. The zero-order valence-corrected chi connectivity index (χ0v) is 33.9. The Hall–Kier alpha value is -7.88. The minimum absolute atomic E-state index is 0.467. The van der Waals surface area contributed by atoms with Gasteiger partial charge < -0.3 is 10.2 Å². The van der Waals surface area contributed by atoms with Gasteiger partial charge in [0.05, 0.1) is 11.1 Å². The highest BCUT2D eigenvalue weighted by Gasteiger charge is 2.53. The van der Waals surface area contributed by atoms with E-state index in [4.69, 9.17) is 0 Å². The molecule has 13 rings (SSSR count). The van der Waals surface area contributed by atoms with Crippen LogP contribution in [-0.2, 0) is 5.41 Å². The van der Waals surface area contributed by atoms with Crippen molar-refractivity contribution in [1.29, 1.82) is 0 Å². The van der Waals surface area contributed by atoms with Crippen molar-refractivity contribution in [1.82, 2.24) is 0 Å². The molecule has 3 heteroatoms. The summed E-state index contributed by atoms with van der Waals surface area (Å²) in [6.45, 7) is 0. The largest absolute Gasteiger partial charge is 0.355 e. The molecule has 1 N–H and O–H groups in total. The fraction of sp³-hybridized carbons (Fsp3) is 0.0169. The number of fused-ring (bicyclic) bond motifs is 13. The highest BCUT2D eigenvalue weighted by Crippen LogP contribution is 2.63. The first-order chi connectivity index (χ1) is 30.8. The molecule has 2 aliphatic heterocycles. The number of nitrogens with zero attached hydrogens (tertiary/aromatic N) is 1. The van der Waals surface area contributed by atoms with Crippen molar-refractivity contribution in [3.8, 4) is 44.5 Å². The standard InChI is InChI=1S/C59H38BN2/c1-3-16-38(17-4-1)40-30-33-43(34-31-40)61-54-37-41(39-18-5-2-6-19-39)32-35-47(54)48-36-42-20-7-8-21-44(42)57-56(48)60-53-28-15-27-52-58(53)62(57)55-29-14-13-26-51(55)59(52)49-24-11-9-22-45(49)46-23-10-12-25-50(46)59/h1-37,61H. The fourth-order valence-corrected chi connectivity index (χ4v) is 10.9. The van der Waals surface area contributed by atoms with E-state index < -0.39 is 5.41 Å². The molecule has 0 saturated carbocycles. The van der Waals surface area contributed by atoms with Gasteiger partial charge in [-0.05, 0) is 102 Å². The highest BCUT2D eigenvalue weighted by molar-refractivity contribution is 6.74. The third-order valence-corrected chi connectivity index (χ3v) is 13.5. The summed E-state index contributed by atoms with van der Waals surface area (Å²) in [4.78, 5) is 2.60. The van der Waals surface area contributed by atoms with Crippen LogP contribution in [0.3, 0.4) is 0 Å². The van der Waals surface area contributed by atoms with Crippen molar-refractivity contribution >= 4 is 57.4 Å². The maximum absolute atomic E-state index is 3.92. The molecule has 1 aliphatic carbocycles. The summed E-state index contributed by atoms with van der Waals surface area (Å²) in [5, 5.41) is 6.35. The number of para-hydroxylation sites is 2. The number of hydrogen-bond donors (Lipinski definition) is 1. The molecular weight excluding hydrogens is 747 g/mol. The van der Waals surface area contributed by atoms with Gasteiger partial charge in [0.2, 0.25) is 0 Å². The van der Waals surface area contributed by atoms with Gasteiger partial charge in [0.15, 0.2) is 7.28 Å². The first-order valence-corrected chi connectivity index (χ1v) is 21.5. The number of anilines is 5. The lowest BCUT2D eigenvalue weighted by molar-refractivity contribution is 0.754. The van der Waals surface area contributed by atoms with Crippen LogP contribution < -0.4 is 21.1 Å². The van der Waals surface area contributed by atoms with Gasteiger partial charge in [-0.1, -0.05) is 200 Å². The van der Waals surface area contributed by atoms with E-state index in [9.17, 15) is 0 Å². The molecule has 0 unspecified atom stereocenters. The van der Waals surface area contributed by atoms with Crippen LogP contribution in [0.4, 0.5) is 28.4 Å².